The molecule has 0 aliphatic rings. The molecule has 1 heterocycles. The summed E-state index contributed by atoms with van der Waals surface area (Å²) in [7, 11) is 0. The van der Waals surface area contributed by atoms with E-state index in [0.717, 1.165) is 28.2 Å². The van der Waals surface area contributed by atoms with Crippen LogP contribution in [0.3, 0.4) is 0 Å². The fourth-order valence-electron chi connectivity index (χ4n) is 2.36. The third-order valence-electron chi connectivity index (χ3n) is 3.52. The number of pyridine rings is 1. The molecule has 0 fully saturated rings. The van der Waals surface area contributed by atoms with Crippen molar-refractivity contribution >= 4 is 35.4 Å². The Morgan fingerprint density at radius 3 is 2.46 bits per heavy atom. The van der Waals surface area contributed by atoms with Gasteiger partial charge in [0.1, 0.15) is 0 Å². The number of hydrogen-bond donors (Lipinski definition) is 2. The topological polar surface area (TPSA) is 45.1 Å². The molecular weight excluding hydrogens is 343 g/mol. The van der Waals surface area contributed by atoms with Crippen molar-refractivity contribution in [2.45, 2.75) is 6.42 Å². The molecule has 0 saturated carbocycles. The van der Waals surface area contributed by atoms with E-state index < -0.39 is 0 Å². The third-order valence-corrected chi connectivity index (χ3v) is 3.76. The van der Waals surface area contributed by atoms with Crippen LogP contribution >= 0.6 is 24.0 Å². The summed E-state index contributed by atoms with van der Waals surface area (Å²) >= 11 is 6.04. The highest BCUT2D eigenvalue weighted by Crippen LogP contribution is 2.24. The highest BCUT2D eigenvalue weighted by atomic mass is 35.5. The largest absolute Gasteiger partial charge is 0.396 e. The van der Waals surface area contributed by atoms with E-state index in [4.69, 9.17) is 16.7 Å². The second-order valence-electron chi connectivity index (χ2n) is 5.24. The first-order valence-corrected chi connectivity index (χ1v) is 7.81. The first-order chi connectivity index (χ1) is 11.2. The van der Waals surface area contributed by atoms with E-state index in [1.165, 1.54) is 0 Å². The number of aliphatic hydroxyl groups excluding tert-OH is 1. The maximum atomic E-state index is 8.95. The standard InChI is InChI=1S/C19H17ClN2O.ClH/c20-16-3-1-2-15(12-16)19-13-18(8-10-21-19)22-17-6-4-14(5-7-17)9-11-23;/h1-8,10,12-13,23H,9,11H2,(H,21,22);1H. The van der Waals surface area contributed by atoms with Crippen molar-refractivity contribution < 1.29 is 5.11 Å². The molecular formula is C19H18Cl2N2O. The molecule has 5 heteroatoms. The van der Waals surface area contributed by atoms with E-state index in [0.29, 0.717) is 11.4 Å². The van der Waals surface area contributed by atoms with Gasteiger partial charge in [0, 0.05) is 34.8 Å². The summed E-state index contributed by atoms with van der Waals surface area (Å²) in [6.45, 7) is 0.167. The summed E-state index contributed by atoms with van der Waals surface area (Å²) in [5.74, 6) is 0. The maximum absolute atomic E-state index is 8.95. The van der Waals surface area contributed by atoms with Gasteiger partial charge in [-0.1, -0.05) is 35.9 Å². The Morgan fingerprint density at radius 2 is 1.75 bits per heavy atom. The number of benzene rings is 2. The Morgan fingerprint density at radius 1 is 0.958 bits per heavy atom. The summed E-state index contributed by atoms with van der Waals surface area (Å²) in [5, 5.41) is 13.0. The number of halogens is 2. The van der Waals surface area contributed by atoms with Gasteiger partial charge in [0.15, 0.2) is 0 Å². The molecule has 3 aromatic rings. The van der Waals surface area contributed by atoms with Gasteiger partial charge in [-0.05, 0) is 48.4 Å². The first kappa shape index (κ1) is 18.3. The van der Waals surface area contributed by atoms with Crippen molar-refractivity contribution in [3.63, 3.8) is 0 Å². The van der Waals surface area contributed by atoms with Gasteiger partial charge in [-0.2, -0.15) is 0 Å². The molecule has 3 nitrogen and oxygen atoms in total. The third kappa shape index (κ3) is 4.71. The average Bonchev–Trinajstić information content (AvgIpc) is 2.57. The van der Waals surface area contributed by atoms with Gasteiger partial charge in [-0.15, -0.1) is 12.4 Å². The quantitative estimate of drug-likeness (QED) is 0.664. The van der Waals surface area contributed by atoms with E-state index in [1.54, 1.807) is 6.20 Å². The minimum atomic E-state index is 0. The Balaban J connectivity index is 0.00000208. The Kier molecular flexibility index (Phi) is 6.62. The number of anilines is 2. The molecule has 0 amide bonds. The first-order valence-electron chi connectivity index (χ1n) is 7.43. The van der Waals surface area contributed by atoms with Crippen molar-refractivity contribution in [3.8, 4) is 11.3 Å². The van der Waals surface area contributed by atoms with Crippen LogP contribution in [0.4, 0.5) is 11.4 Å². The zero-order chi connectivity index (χ0) is 16.1. The second kappa shape index (κ2) is 8.69. The molecule has 2 N–H and O–H groups in total. The molecule has 0 radical (unpaired) electrons. The van der Waals surface area contributed by atoms with E-state index in [9.17, 15) is 0 Å². The molecule has 0 unspecified atom stereocenters. The smallest absolute Gasteiger partial charge is 0.0723 e. The predicted octanol–water partition coefficient (Wildman–Crippen LogP) is 5.10. The summed E-state index contributed by atoms with van der Waals surface area (Å²) in [6, 6.07) is 19.6. The maximum Gasteiger partial charge on any atom is 0.0723 e. The monoisotopic (exact) mass is 360 g/mol. The van der Waals surface area contributed by atoms with Gasteiger partial charge in [0.05, 0.1) is 5.69 Å². The van der Waals surface area contributed by atoms with Crippen LogP contribution in [0.25, 0.3) is 11.3 Å². The summed E-state index contributed by atoms with van der Waals surface area (Å²) in [4.78, 5) is 4.40. The molecule has 2 aromatic carbocycles. The highest BCUT2D eigenvalue weighted by Gasteiger charge is 2.02. The van der Waals surface area contributed by atoms with Crippen LogP contribution in [0.5, 0.6) is 0 Å². The van der Waals surface area contributed by atoms with Crippen LogP contribution in [-0.4, -0.2) is 16.7 Å². The Hall–Kier alpha value is -2.07. The van der Waals surface area contributed by atoms with Crippen LogP contribution in [0, 0.1) is 0 Å². The van der Waals surface area contributed by atoms with E-state index in [-0.39, 0.29) is 19.0 Å². The average molecular weight is 361 g/mol. The van der Waals surface area contributed by atoms with Gasteiger partial charge in [-0.3, -0.25) is 4.98 Å². The van der Waals surface area contributed by atoms with Crippen molar-refractivity contribution in [3.05, 3.63) is 77.4 Å². The lowest BCUT2D eigenvalue weighted by molar-refractivity contribution is 0.299. The van der Waals surface area contributed by atoms with E-state index >= 15 is 0 Å². The predicted molar refractivity (Wildman–Crippen MR) is 102 cm³/mol. The molecule has 0 spiro atoms. The Bertz CT molecular complexity index is 791. The molecule has 0 saturated heterocycles. The van der Waals surface area contributed by atoms with Crippen molar-refractivity contribution in [2.75, 3.05) is 11.9 Å². The Labute approximate surface area is 152 Å². The van der Waals surface area contributed by atoms with Gasteiger partial charge in [-0.25, -0.2) is 0 Å². The molecule has 1 aromatic heterocycles. The van der Waals surface area contributed by atoms with Crippen molar-refractivity contribution in [1.29, 1.82) is 0 Å². The van der Waals surface area contributed by atoms with Crippen molar-refractivity contribution in [2.24, 2.45) is 0 Å². The number of aliphatic hydroxyl groups is 1. The second-order valence-corrected chi connectivity index (χ2v) is 5.67. The molecule has 0 aliphatic heterocycles. The molecule has 0 bridgehead atoms. The van der Waals surface area contributed by atoms with Crippen LogP contribution in [0.2, 0.25) is 5.02 Å². The van der Waals surface area contributed by atoms with Crippen LogP contribution in [-0.2, 0) is 6.42 Å². The van der Waals surface area contributed by atoms with Gasteiger partial charge < -0.3 is 10.4 Å². The van der Waals surface area contributed by atoms with Gasteiger partial charge in [0.2, 0.25) is 0 Å². The van der Waals surface area contributed by atoms with Gasteiger partial charge >= 0.3 is 0 Å². The zero-order valence-corrected chi connectivity index (χ0v) is 14.5. The lowest BCUT2D eigenvalue weighted by Crippen LogP contribution is -1.94. The summed E-state index contributed by atoms with van der Waals surface area (Å²) in [6.07, 6.45) is 2.45. The number of nitrogens with one attached hydrogen (secondary N) is 1. The van der Waals surface area contributed by atoms with Crippen molar-refractivity contribution in [1.82, 2.24) is 4.98 Å². The van der Waals surface area contributed by atoms with E-state index in [2.05, 4.69) is 10.3 Å². The number of rotatable bonds is 5. The number of aromatic nitrogens is 1. The van der Waals surface area contributed by atoms with Crippen LogP contribution in [0.15, 0.2) is 66.9 Å². The molecule has 3 rings (SSSR count). The number of hydrogen-bond acceptors (Lipinski definition) is 3. The highest BCUT2D eigenvalue weighted by molar-refractivity contribution is 6.30. The molecule has 0 aliphatic carbocycles. The SMILES string of the molecule is Cl.OCCc1ccc(Nc2ccnc(-c3cccc(Cl)c3)c2)cc1. The normalized spacial score (nSPS) is 10.1. The van der Waals surface area contributed by atoms with Gasteiger partial charge in [0.25, 0.3) is 0 Å². The summed E-state index contributed by atoms with van der Waals surface area (Å²) < 4.78 is 0. The fraction of sp³-hybridized carbons (Fsp3) is 0.105. The van der Waals surface area contributed by atoms with E-state index in [1.807, 2.05) is 60.7 Å². The summed E-state index contributed by atoms with van der Waals surface area (Å²) in [5.41, 5.74) is 4.93. The van der Waals surface area contributed by atoms with Crippen LogP contribution in [0.1, 0.15) is 5.56 Å². The minimum Gasteiger partial charge on any atom is -0.396 e. The molecule has 124 valence electrons. The molecule has 0 atom stereocenters. The molecule has 24 heavy (non-hydrogen) atoms. The fourth-order valence-corrected chi connectivity index (χ4v) is 2.55. The lowest BCUT2D eigenvalue weighted by atomic mass is 10.1. The zero-order valence-electron chi connectivity index (χ0n) is 12.9. The van der Waals surface area contributed by atoms with Crippen LogP contribution < -0.4 is 5.32 Å². The minimum absolute atomic E-state index is 0. The lowest BCUT2D eigenvalue weighted by Gasteiger charge is -2.09. The number of nitrogens with zero attached hydrogens (tertiary/aromatic N) is 1.